The Hall–Kier alpha value is -4.67. The molecular formula is C28H21F4N5O2. The van der Waals surface area contributed by atoms with Crippen molar-refractivity contribution >= 4 is 28.5 Å². The number of carbonyl (C=O) groups is 2. The van der Waals surface area contributed by atoms with Crippen molar-refractivity contribution in [3.8, 4) is 11.1 Å². The number of carbonyl (C=O) groups excluding carboxylic acids is 2. The molecule has 1 aliphatic heterocycles. The van der Waals surface area contributed by atoms with Crippen LogP contribution in [0.25, 0.3) is 22.0 Å². The Balaban J connectivity index is 1.44. The van der Waals surface area contributed by atoms with Crippen molar-refractivity contribution in [3.05, 3.63) is 96.3 Å². The van der Waals surface area contributed by atoms with Crippen LogP contribution in [0.3, 0.4) is 0 Å². The second-order valence-electron chi connectivity index (χ2n) is 9.08. The topological polar surface area (TPSA) is 88.1 Å². The summed E-state index contributed by atoms with van der Waals surface area (Å²) >= 11 is 0. The SMILES string of the molecule is C=CC(=O)N1CCC(c2cc(-c3ccc(C(=O)Nc4cc(C(F)(F)F)ccn4)cc3F)cc3cncnc23)C1. The molecule has 11 heteroatoms. The van der Waals surface area contributed by atoms with Crippen LogP contribution in [0.15, 0.2) is 73.8 Å². The number of hydrogen-bond donors (Lipinski definition) is 1. The predicted molar refractivity (Wildman–Crippen MR) is 136 cm³/mol. The lowest BCUT2D eigenvalue weighted by molar-refractivity contribution is -0.137. The van der Waals surface area contributed by atoms with Gasteiger partial charge in [-0.1, -0.05) is 12.6 Å². The van der Waals surface area contributed by atoms with E-state index in [2.05, 4.69) is 26.8 Å². The number of amides is 2. The number of hydrogen-bond acceptors (Lipinski definition) is 5. The van der Waals surface area contributed by atoms with Gasteiger partial charge in [0.15, 0.2) is 0 Å². The number of aromatic nitrogens is 3. The fraction of sp³-hybridized carbons (Fsp3) is 0.179. The van der Waals surface area contributed by atoms with Gasteiger partial charge in [-0.15, -0.1) is 0 Å². The van der Waals surface area contributed by atoms with E-state index in [4.69, 9.17) is 0 Å². The lowest BCUT2D eigenvalue weighted by atomic mass is 9.91. The summed E-state index contributed by atoms with van der Waals surface area (Å²) in [6.07, 6.45) is 1.36. The number of pyridine rings is 1. The van der Waals surface area contributed by atoms with E-state index in [9.17, 15) is 22.8 Å². The Morgan fingerprint density at radius 2 is 1.92 bits per heavy atom. The average molecular weight is 536 g/mol. The maximum absolute atomic E-state index is 15.3. The molecule has 1 N–H and O–H groups in total. The maximum Gasteiger partial charge on any atom is 0.416 e. The number of alkyl halides is 3. The second kappa shape index (κ2) is 10.2. The highest BCUT2D eigenvalue weighted by Crippen LogP contribution is 2.36. The van der Waals surface area contributed by atoms with Crippen LogP contribution in [-0.2, 0) is 11.0 Å². The van der Waals surface area contributed by atoms with Gasteiger partial charge in [0.2, 0.25) is 5.91 Å². The normalized spacial score (nSPS) is 15.4. The summed E-state index contributed by atoms with van der Waals surface area (Å²) in [5.74, 6) is -2.00. The highest BCUT2D eigenvalue weighted by Gasteiger charge is 2.31. The van der Waals surface area contributed by atoms with Crippen molar-refractivity contribution in [2.75, 3.05) is 18.4 Å². The fourth-order valence-electron chi connectivity index (χ4n) is 4.70. The number of anilines is 1. The van der Waals surface area contributed by atoms with Gasteiger partial charge < -0.3 is 10.2 Å². The van der Waals surface area contributed by atoms with E-state index in [-0.39, 0.29) is 28.8 Å². The lowest BCUT2D eigenvalue weighted by Crippen LogP contribution is -2.26. The molecule has 5 rings (SSSR count). The van der Waals surface area contributed by atoms with E-state index >= 15 is 4.39 Å². The average Bonchev–Trinajstić information content (AvgIpc) is 3.42. The summed E-state index contributed by atoms with van der Waals surface area (Å²) in [4.78, 5) is 38.7. The van der Waals surface area contributed by atoms with Crippen LogP contribution in [0.1, 0.15) is 33.8 Å². The zero-order chi connectivity index (χ0) is 27.7. The number of nitrogens with zero attached hydrogens (tertiary/aromatic N) is 4. The summed E-state index contributed by atoms with van der Waals surface area (Å²) in [6.45, 7) is 4.57. The zero-order valence-electron chi connectivity index (χ0n) is 20.4. The zero-order valence-corrected chi connectivity index (χ0v) is 20.4. The molecule has 0 saturated carbocycles. The molecule has 0 aliphatic carbocycles. The van der Waals surface area contributed by atoms with E-state index in [1.165, 1.54) is 24.5 Å². The summed E-state index contributed by atoms with van der Waals surface area (Å²) < 4.78 is 54.2. The first-order chi connectivity index (χ1) is 18.6. The molecule has 1 saturated heterocycles. The third-order valence-corrected chi connectivity index (χ3v) is 6.62. The first-order valence-electron chi connectivity index (χ1n) is 11.9. The summed E-state index contributed by atoms with van der Waals surface area (Å²) in [6, 6.07) is 8.89. The number of benzene rings is 2. The minimum atomic E-state index is -4.60. The van der Waals surface area contributed by atoms with Gasteiger partial charge in [-0.3, -0.25) is 9.59 Å². The van der Waals surface area contributed by atoms with Gasteiger partial charge >= 0.3 is 6.18 Å². The summed E-state index contributed by atoms with van der Waals surface area (Å²) in [7, 11) is 0. The molecule has 2 amide bonds. The standard InChI is InChI=1S/C28H21F4N5O2/c1-2-25(38)37-8-6-17(14-37)22-10-18(9-19-13-33-15-35-26(19)22)21-4-3-16(11-23(21)29)27(39)36-24-12-20(5-7-34-24)28(30,31)32/h2-5,7,9-13,15,17H,1,6,8,14H2,(H,34,36,39). The third kappa shape index (κ3) is 5.33. The van der Waals surface area contributed by atoms with Crippen molar-refractivity contribution in [2.24, 2.45) is 0 Å². The highest BCUT2D eigenvalue weighted by molar-refractivity contribution is 6.04. The van der Waals surface area contributed by atoms with Gasteiger partial charge in [-0.25, -0.2) is 19.3 Å². The third-order valence-electron chi connectivity index (χ3n) is 6.62. The molecule has 0 bridgehead atoms. The van der Waals surface area contributed by atoms with Crippen molar-refractivity contribution in [3.63, 3.8) is 0 Å². The lowest BCUT2D eigenvalue weighted by Gasteiger charge is -2.17. The van der Waals surface area contributed by atoms with E-state index in [0.717, 1.165) is 23.9 Å². The van der Waals surface area contributed by atoms with Crippen LogP contribution in [0.4, 0.5) is 23.4 Å². The molecule has 2 aromatic carbocycles. The van der Waals surface area contributed by atoms with Crippen LogP contribution >= 0.6 is 0 Å². The largest absolute Gasteiger partial charge is 0.416 e. The first kappa shape index (κ1) is 26.0. The van der Waals surface area contributed by atoms with Gasteiger partial charge in [-0.2, -0.15) is 13.2 Å². The monoisotopic (exact) mass is 535 g/mol. The second-order valence-corrected chi connectivity index (χ2v) is 9.08. The molecule has 1 atom stereocenters. The number of halogens is 4. The van der Waals surface area contributed by atoms with Crippen LogP contribution in [0, 0.1) is 5.82 Å². The van der Waals surface area contributed by atoms with E-state index in [1.807, 2.05) is 6.07 Å². The van der Waals surface area contributed by atoms with Crippen molar-refractivity contribution in [1.82, 2.24) is 19.9 Å². The Kier molecular flexibility index (Phi) is 6.81. The number of likely N-dealkylation sites (tertiary alicyclic amines) is 1. The molecule has 198 valence electrons. The van der Waals surface area contributed by atoms with E-state index in [0.29, 0.717) is 42.0 Å². The van der Waals surface area contributed by atoms with E-state index < -0.39 is 23.5 Å². The Labute approximate surface area is 220 Å². The van der Waals surface area contributed by atoms with Gasteiger partial charge in [-0.05, 0) is 60.0 Å². The predicted octanol–water partition coefficient (Wildman–Crippen LogP) is 5.60. The minimum absolute atomic E-state index is 0.0284. The Morgan fingerprint density at radius 3 is 2.67 bits per heavy atom. The van der Waals surface area contributed by atoms with Crippen LogP contribution < -0.4 is 5.32 Å². The molecule has 3 heterocycles. The van der Waals surface area contributed by atoms with Crippen LogP contribution in [0.5, 0.6) is 0 Å². The quantitative estimate of drug-likeness (QED) is 0.265. The summed E-state index contributed by atoms with van der Waals surface area (Å²) in [5.41, 5.74) is 1.24. The smallest absolute Gasteiger partial charge is 0.339 e. The molecule has 7 nitrogen and oxygen atoms in total. The van der Waals surface area contributed by atoms with Gasteiger partial charge in [0, 0.05) is 47.9 Å². The van der Waals surface area contributed by atoms with Crippen molar-refractivity contribution in [1.29, 1.82) is 0 Å². The maximum atomic E-state index is 15.3. The summed E-state index contributed by atoms with van der Waals surface area (Å²) in [5, 5.41) is 2.96. The number of rotatable bonds is 5. The molecule has 0 radical (unpaired) electrons. The molecule has 1 aliphatic rings. The molecule has 1 fully saturated rings. The van der Waals surface area contributed by atoms with Gasteiger partial charge in [0.1, 0.15) is 18.0 Å². The molecule has 4 aromatic rings. The van der Waals surface area contributed by atoms with Crippen molar-refractivity contribution in [2.45, 2.75) is 18.5 Å². The number of nitrogens with one attached hydrogen (secondary N) is 1. The van der Waals surface area contributed by atoms with Crippen molar-refractivity contribution < 1.29 is 27.2 Å². The van der Waals surface area contributed by atoms with Crippen LogP contribution in [-0.4, -0.2) is 44.8 Å². The molecule has 1 unspecified atom stereocenters. The molecule has 0 spiro atoms. The molecule has 2 aromatic heterocycles. The molecular weight excluding hydrogens is 514 g/mol. The van der Waals surface area contributed by atoms with Crippen LogP contribution in [0.2, 0.25) is 0 Å². The Morgan fingerprint density at radius 1 is 1.10 bits per heavy atom. The van der Waals surface area contributed by atoms with Gasteiger partial charge in [0.25, 0.3) is 5.91 Å². The molecule has 39 heavy (non-hydrogen) atoms. The fourth-order valence-corrected chi connectivity index (χ4v) is 4.70. The van der Waals surface area contributed by atoms with E-state index in [1.54, 1.807) is 17.2 Å². The highest BCUT2D eigenvalue weighted by atomic mass is 19.4. The number of fused-ring (bicyclic) bond motifs is 1. The van der Waals surface area contributed by atoms with Gasteiger partial charge in [0.05, 0.1) is 11.1 Å². The minimum Gasteiger partial charge on any atom is -0.339 e. The first-order valence-corrected chi connectivity index (χ1v) is 11.9. The Bertz CT molecular complexity index is 1600.